The summed E-state index contributed by atoms with van der Waals surface area (Å²) in [5.74, 6) is 0.341. The summed E-state index contributed by atoms with van der Waals surface area (Å²) in [6.07, 6.45) is 2.93. The molecule has 1 aromatic carbocycles. The zero-order chi connectivity index (χ0) is 18.5. The second kappa shape index (κ2) is 7.61. The Labute approximate surface area is 151 Å². The van der Waals surface area contributed by atoms with Gasteiger partial charge in [0, 0.05) is 38.8 Å². The number of nitriles is 1. The van der Waals surface area contributed by atoms with E-state index in [1.165, 1.54) is 19.3 Å². The fourth-order valence-electron chi connectivity index (χ4n) is 2.67. The maximum absolute atomic E-state index is 12.5. The van der Waals surface area contributed by atoms with Gasteiger partial charge in [0.05, 0.1) is 24.0 Å². The molecule has 0 atom stereocenters. The first kappa shape index (κ1) is 17.4. The van der Waals surface area contributed by atoms with Crippen LogP contribution in [0, 0.1) is 11.3 Å². The molecule has 0 bridgehead atoms. The number of benzene rings is 1. The minimum absolute atomic E-state index is 0.0233. The first-order chi connectivity index (χ1) is 12.6. The molecule has 1 aliphatic rings. The number of anilines is 2. The minimum Gasteiger partial charge on any atom is -0.339 e. The van der Waals surface area contributed by atoms with E-state index in [0.717, 1.165) is 5.69 Å². The molecule has 0 radical (unpaired) electrons. The lowest BCUT2D eigenvalue weighted by Gasteiger charge is -2.33. The number of hydrogen-bond acceptors (Lipinski definition) is 6. The first-order valence-electron chi connectivity index (χ1n) is 8.21. The molecule has 0 saturated carbocycles. The molecule has 2 amide bonds. The zero-order valence-corrected chi connectivity index (χ0v) is 14.3. The first-order valence-corrected chi connectivity index (χ1v) is 8.21. The Bertz CT molecular complexity index is 833. The molecule has 0 aliphatic carbocycles. The van der Waals surface area contributed by atoms with Crippen molar-refractivity contribution in [1.82, 2.24) is 19.8 Å². The van der Waals surface area contributed by atoms with Gasteiger partial charge in [-0.2, -0.15) is 5.26 Å². The van der Waals surface area contributed by atoms with E-state index in [1.807, 2.05) is 0 Å². The third kappa shape index (κ3) is 3.95. The molecular weight excluding hydrogens is 332 g/mol. The molecule has 1 saturated heterocycles. The second-order valence-electron chi connectivity index (χ2n) is 5.90. The van der Waals surface area contributed by atoms with Gasteiger partial charge in [0.15, 0.2) is 0 Å². The summed E-state index contributed by atoms with van der Waals surface area (Å²) in [6, 6.07) is 9.01. The monoisotopic (exact) mass is 350 g/mol. The maximum atomic E-state index is 12.5. The number of hydrogen-bond donors (Lipinski definition) is 1. The molecule has 0 unspecified atom stereocenters. The van der Waals surface area contributed by atoms with Crippen LogP contribution in [0.3, 0.4) is 0 Å². The van der Waals surface area contributed by atoms with Gasteiger partial charge in [-0.05, 0) is 24.3 Å². The summed E-state index contributed by atoms with van der Waals surface area (Å²) in [5.41, 5.74) is 1.62. The van der Waals surface area contributed by atoms with E-state index >= 15 is 0 Å². The zero-order valence-electron chi connectivity index (χ0n) is 14.3. The molecule has 2 aromatic rings. The molecule has 1 aromatic heterocycles. The van der Waals surface area contributed by atoms with Crippen LogP contribution in [0.4, 0.5) is 11.5 Å². The Morgan fingerprint density at radius 1 is 1.04 bits per heavy atom. The van der Waals surface area contributed by atoms with Gasteiger partial charge in [-0.1, -0.05) is 0 Å². The molecule has 1 fully saturated rings. The number of carbonyl (C=O) groups excluding carboxylic acids is 2. The molecule has 2 heterocycles. The summed E-state index contributed by atoms with van der Waals surface area (Å²) in [7, 11) is 0. The van der Waals surface area contributed by atoms with Crippen LogP contribution in [-0.4, -0.2) is 57.8 Å². The number of aromatic nitrogens is 2. The van der Waals surface area contributed by atoms with Crippen LogP contribution in [0.15, 0.2) is 36.7 Å². The van der Waals surface area contributed by atoms with Gasteiger partial charge in [-0.3, -0.25) is 9.59 Å². The molecule has 8 heteroatoms. The summed E-state index contributed by atoms with van der Waals surface area (Å²) in [5, 5.41) is 11.9. The number of nitrogens with zero attached hydrogens (tertiary/aromatic N) is 5. The highest BCUT2D eigenvalue weighted by molar-refractivity contribution is 5.92. The Kier molecular flexibility index (Phi) is 5.08. The second-order valence-corrected chi connectivity index (χ2v) is 5.90. The fraction of sp³-hybridized carbons (Fsp3) is 0.278. The molecule has 0 spiro atoms. The van der Waals surface area contributed by atoms with Gasteiger partial charge in [0.1, 0.15) is 11.5 Å². The molecule has 26 heavy (non-hydrogen) atoms. The largest absolute Gasteiger partial charge is 0.339 e. The summed E-state index contributed by atoms with van der Waals surface area (Å²) in [4.78, 5) is 35.6. The number of nitrogens with one attached hydrogen (secondary N) is 1. The van der Waals surface area contributed by atoms with Crippen molar-refractivity contribution in [2.45, 2.75) is 6.92 Å². The Morgan fingerprint density at radius 2 is 1.69 bits per heavy atom. The highest BCUT2D eigenvalue weighted by atomic mass is 16.2. The van der Waals surface area contributed by atoms with Gasteiger partial charge < -0.3 is 15.1 Å². The molecule has 8 nitrogen and oxygen atoms in total. The van der Waals surface area contributed by atoms with Gasteiger partial charge in [-0.15, -0.1) is 0 Å². The quantitative estimate of drug-likeness (QED) is 0.897. The number of carbonyl (C=O) groups is 2. The van der Waals surface area contributed by atoms with E-state index in [1.54, 1.807) is 34.1 Å². The smallest absolute Gasteiger partial charge is 0.274 e. The van der Waals surface area contributed by atoms with E-state index in [-0.39, 0.29) is 17.5 Å². The van der Waals surface area contributed by atoms with Gasteiger partial charge in [-0.25, -0.2) is 9.97 Å². The molecule has 1 N–H and O–H groups in total. The van der Waals surface area contributed by atoms with E-state index in [4.69, 9.17) is 5.26 Å². The third-order valence-electron chi connectivity index (χ3n) is 4.17. The van der Waals surface area contributed by atoms with Crippen LogP contribution in [0.5, 0.6) is 0 Å². The number of amides is 2. The molecular formula is C18H18N6O2. The normalized spacial score (nSPS) is 13.8. The van der Waals surface area contributed by atoms with Crippen LogP contribution in [0.1, 0.15) is 23.0 Å². The highest BCUT2D eigenvalue weighted by Crippen LogP contribution is 2.15. The van der Waals surface area contributed by atoms with Crippen molar-refractivity contribution >= 4 is 23.3 Å². The van der Waals surface area contributed by atoms with Gasteiger partial charge >= 0.3 is 0 Å². The van der Waals surface area contributed by atoms with E-state index < -0.39 is 0 Å². The fourth-order valence-corrected chi connectivity index (χ4v) is 2.67. The Morgan fingerprint density at radius 3 is 2.23 bits per heavy atom. The van der Waals surface area contributed by atoms with Crippen LogP contribution < -0.4 is 5.32 Å². The Balaban J connectivity index is 1.61. The maximum Gasteiger partial charge on any atom is 0.274 e. The van der Waals surface area contributed by atoms with Crippen LogP contribution >= 0.6 is 0 Å². The molecule has 132 valence electrons. The van der Waals surface area contributed by atoms with Crippen molar-refractivity contribution in [3.05, 3.63) is 47.9 Å². The predicted octanol–water partition coefficient (Wildman–Crippen LogP) is 1.40. The predicted molar refractivity (Wildman–Crippen MR) is 94.6 cm³/mol. The summed E-state index contributed by atoms with van der Waals surface area (Å²) < 4.78 is 0. The summed E-state index contributed by atoms with van der Waals surface area (Å²) in [6.45, 7) is 3.58. The summed E-state index contributed by atoms with van der Waals surface area (Å²) >= 11 is 0. The number of rotatable bonds is 3. The van der Waals surface area contributed by atoms with Gasteiger partial charge in [0.2, 0.25) is 5.91 Å². The number of piperazine rings is 1. The molecule has 3 rings (SSSR count). The van der Waals surface area contributed by atoms with E-state index in [0.29, 0.717) is 37.6 Å². The van der Waals surface area contributed by atoms with Crippen LogP contribution in [-0.2, 0) is 4.79 Å². The average molecular weight is 350 g/mol. The van der Waals surface area contributed by atoms with Crippen LogP contribution in [0.2, 0.25) is 0 Å². The molecule has 1 aliphatic heterocycles. The average Bonchev–Trinajstić information content (AvgIpc) is 2.69. The van der Waals surface area contributed by atoms with Crippen molar-refractivity contribution < 1.29 is 9.59 Å². The highest BCUT2D eigenvalue weighted by Gasteiger charge is 2.24. The van der Waals surface area contributed by atoms with Crippen molar-refractivity contribution in [3.63, 3.8) is 0 Å². The van der Waals surface area contributed by atoms with Crippen molar-refractivity contribution in [2.24, 2.45) is 0 Å². The van der Waals surface area contributed by atoms with E-state index in [2.05, 4.69) is 21.4 Å². The lowest BCUT2D eigenvalue weighted by atomic mass is 10.2. The Hall–Kier alpha value is -3.47. The van der Waals surface area contributed by atoms with Gasteiger partial charge in [0.25, 0.3) is 5.91 Å². The topological polar surface area (TPSA) is 102 Å². The minimum atomic E-state index is -0.189. The SMILES string of the molecule is CC(=O)N1CCN(C(=O)c2cnc(Nc3ccc(C#N)cc3)cn2)CC1. The van der Waals surface area contributed by atoms with Crippen LogP contribution in [0.25, 0.3) is 0 Å². The third-order valence-corrected chi connectivity index (χ3v) is 4.17. The van der Waals surface area contributed by atoms with E-state index in [9.17, 15) is 9.59 Å². The standard InChI is InChI=1S/C18H18N6O2/c1-13(25)23-6-8-24(9-7-23)18(26)16-11-21-17(12-20-16)22-15-4-2-14(10-19)3-5-15/h2-5,11-12H,6-9H2,1H3,(H,21,22). The van der Waals surface area contributed by atoms with Crippen molar-refractivity contribution in [2.75, 3.05) is 31.5 Å². The lowest BCUT2D eigenvalue weighted by Crippen LogP contribution is -2.50. The lowest BCUT2D eigenvalue weighted by molar-refractivity contribution is -0.130. The van der Waals surface area contributed by atoms with Crippen molar-refractivity contribution in [3.8, 4) is 6.07 Å². The van der Waals surface area contributed by atoms with Crippen molar-refractivity contribution in [1.29, 1.82) is 5.26 Å².